The number of rotatable bonds is 2. The van der Waals surface area contributed by atoms with E-state index < -0.39 is 0 Å². The Morgan fingerprint density at radius 1 is 1.22 bits per heavy atom. The van der Waals surface area contributed by atoms with E-state index >= 15 is 0 Å². The maximum absolute atomic E-state index is 11.9. The Bertz CT molecular complexity index is 584. The Labute approximate surface area is 121 Å². The Kier molecular flexibility index (Phi) is 4.08. The minimum Gasteiger partial charge on any atom is -0.306 e. The third kappa shape index (κ3) is 3.14. The standard InChI is InChI=1S/C12H9Br2N3O/c1-7-4-9(13)6-16-11(7)17-12(18)8-2-3-10(14)15-5-8/h2-6H,1H3,(H,16,17,18). The number of aromatic nitrogens is 2. The van der Waals surface area contributed by atoms with E-state index in [0.29, 0.717) is 16.0 Å². The molecule has 0 saturated carbocycles. The van der Waals surface area contributed by atoms with E-state index in [4.69, 9.17) is 0 Å². The molecule has 0 aliphatic heterocycles. The predicted molar refractivity (Wildman–Crippen MR) is 76.6 cm³/mol. The van der Waals surface area contributed by atoms with Crippen molar-refractivity contribution in [3.05, 3.63) is 50.8 Å². The molecule has 4 nitrogen and oxygen atoms in total. The van der Waals surface area contributed by atoms with Crippen LogP contribution in [0.15, 0.2) is 39.7 Å². The van der Waals surface area contributed by atoms with Gasteiger partial charge in [0.1, 0.15) is 10.4 Å². The Balaban J connectivity index is 2.18. The molecule has 1 N–H and O–H groups in total. The van der Waals surface area contributed by atoms with Gasteiger partial charge in [-0.05, 0) is 62.5 Å². The maximum atomic E-state index is 11.9. The molecule has 2 aromatic rings. The zero-order valence-corrected chi connectivity index (χ0v) is 12.6. The van der Waals surface area contributed by atoms with Crippen LogP contribution in [0.1, 0.15) is 15.9 Å². The molecule has 0 aromatic carbocycles. The minimum absolute atomic E-state index is 0.229. The number of carbonyl (C=O) groups is 1. The number of nitrogens with zero attached hydrogens (tertiary/aromatic N) is 2. The van der Waals surface area contributed by atoms with Gasteiger partial charge < -0.3 is 5.32 Å². The van der Waals surface area contributed by atoms with Crippen molar-refractivity contribution in [3.8, 4) is 0 Å². The Hall–Kier alpha value is -1.27. The largest absolute Gasteiger partial charge is 0.306 e. The van der Waals surface area contributed by atoms with Crippen LogP contribution >= 0.6 is 31.9 Å². The summed E-state index contributed by atoms with van der Waals surface area (Å²) < 4.78 is 1.57. The monoisotopic (exact) mass is 369 g/mol. The van der Waals surface area contributed by atoms with Gasteiger partial charge in [-0.1, -0.05) is 0 Å². The van der Waals surface area contributed by atoms with E-state index in [1.165, 1.54) is 6.20 Å². The number of hydrogen-bond donors (Lipinski definition) is 1. The van der Waals surface area contributed by atoms with Crippen molar-refractivity contribution in [1.29, 1.82) is 0 Å². The quantitative estimate of drug-likeness (QED) is 0.822. The van der Waals surface area contributed by atoms with Crippen molar-refractivity contribution < 1.29 is 4.79 Å². The van der Waals surface area contributed by atoms with Crippen molar-refractivity contribution in [2.24, 2.45) is 0 Å². The first kappa shape index (κ1) is 13.2. The summed E-state index contributed by atoms with van der Waals surface area (Å²) in [5.41, 5.74) is 1.38. The number of nitrogens with one attached hydrogen (secondary N) is 1. The van der Waals surface area contributed by atoms with Crippen molar-refractivity contribution in [2.75, 3.05) is 5.32 Å². The average Bonchev–Trinajstić information content (AvgIpc) is 2.33. The summed E-state index contributed by atoms with van der Waals surface area (Å²) in [6.45, 7) is 1.88. The predicted octanol–water partition coefficient (Wildman–Crippen LogP) is 3.56. The van der Waals surface area contributed by atoms with E-state index in [-0.39, 0.29) is 5.91 Å². The lowest BCUT2D eigenvalue weighted by molar-refractivity contribution is 0.102. The number of aryl methyl sites for hydroxylation is 1. The van der Waals surface area contributed by atoms with Crippen LogP contribution in [0, 0.1) is 6.92 Å². The molecule has 0 fully saturated rings. The number of hydrogen-bond acceptors (Lipinski definition) is 3. The van der Waals surface area contributed by atoms with Crippen LogP contribution in [-0.4, -0.2) is 15.9 Å². The van der Waals surface area contributed by atoms with Crippen LogP contribution in [0.2, 0.25) is 0 Å². The first-order valence-corrected chi connectivity index (χ1v) is 6.70. The highest BCUT2D eigenvalue weighted by atomic mass is 79.9. The van der Waals surface area contributed by atoms with Gasteiger partial charge in [0.05, 0.1) is 5.56 Å². The normalized spacial score (nSPS) is 10.2. The van der Waals surface area contributed by atoms with Crippen LogP contribution in [-0.2, 0) is 0 Å². The van der Waals surface area contributed by atoms with Crippen LogP contribution in [0.25, 0.3) is 0 Å². The molecule has 0 radical (unpaired) electrons. The minimum atomic E-state index is -0.229. The zero-order valence-electron chi connectivity index (χ0n) is 9.45. The third-order valence-electron chi connectivity index (χ3n) is 2.27. The van der Waals surface area contributed by atoms with Gasteiger partial charge >= 0.3 is 0 Å². The van der Waals surface area contributed by atoms with Crippen LogP contribution < -0.4 is 5.32 Å². The van der Waals surface area contributed by atoms with E-state index in [1.807, 2.05) is 13.0 Å². The van der Waals surface area contributed by atoms with E-state index in [0.717, 1.165) is 10.0 Å². The van der Waals surface area contributed by atoms with Crippen LogP contribution in [0.3, 0.4) is 0 Å². The molecule has 0 unspecified atom stereocenters. The summed E-state index contributed by atoms with van der Waals surface area (Å²) in [5.74, 6) is 0.319. The molecule has 1 amide bonds. The van der Waals surface area contributed by atoms with Crippen molar-refractivity contribution in [1.82, 2.24) is 9.97 Å². The Morgan fingerprint density at radius 3 is 2.61 bits per heavy atom. The van der Waals surface area contributed by atoms with Crippen LogP contribution in [0.4, 0.5) is 5.82 Å². The number of halogens is 2. The van der Waals surface area contributed by atoms with Gasteiger partial charge in [-0.25, -0.2) is 9.97 Å². The maximum Gasteiger partial charge on any atom is 0.258 e. The Morgan fingerprint density at radius 2 is 2.00 bits per heavy atom. The number of pyridine rings is 2. The van der Waals surface area contributed by atoms with Gasteiger partial charge in [0.25, 0.3) is 5.91 Å². The SMILES string of the molecule is Cc1cc(Br)cnc1NC(=O)c1ccc(Br)nc1. The summed E-state index contributed by atoms with van der Waals surface area (Å²) >= 11 is 6.55. The molecular weight excluding hydrogens is 362 g/mol. The molecule has 18 heavy (non-hydrogen) atoms. The fourth-order valence-electron chi connectivity index (χ4n) is 1.36. The second kappa shape index (κ2) is 5.58. The second-order valence-corrected chi connectivity index (χ2v) is 5.37. The summed E-state index contributed by atoms with van der Waals surface area (Å²) in [7, 11) is 0. The third-order valence-corrected chi connectivity index (χ3v) is 3.17. The fraction of sp³-hybridized carbons (Fsp3) is 0.0833. The molecule has 0 saturated heterocycles. The second-order valence-electron chi connectivity index (χ2n) is 3.64. The number of amides is 1. The molecule has 6 heteroatoms. The highest BCUT2D eigenvalue weighted by Crippen LogP contribution is 2.17. The summed E-state index contributed by atoms with van der Waals surface area (Å²) in [6.07, 6.45) is 3.15. The van der Waals surface area contributed by atoms with Crippen molar-refractivity contribution in [3.63, 3.8) is 0 Å². The number of carbonyl (C=O) groups excluding carboxylic acids is 1. The highest BCUT2D eigenvalue weighted by molar-refractivity contribution is 9.10. The first-order valence-electron chi connectivity index (χ1n) is 5.11. The molecule has 92 valence electrons. The van der Waals surface area contributed by atoms with Crippen molar-refractivity contribution in [2.45, 2.75) is 6.92 Å². The molecule has 0 spiro atoms. The molecule has 2 aromatic heterocycles. The van der Waals surface area contributed by atoms with Gasteiger partial charge in [-0.15, -0.1) is 0 Å². The molecule has 0 aliphatic rings. The topological polar surface area (TPSA) is 54.9 Å². The fourth-order valence-corrected chi connectivity index (χ4v) is 2.04. The molecule has 0 aliphatic carbocycles. The van der Waals surface area contributed by atoms with E-state index in [9.17, 15) is 4.79 Å². The van der Waals surface area contributed by atoms with Crippen LogP contribution in [0.5, 0.6) is 0 Å². The van der Waals surface area contributed by atoms with Gasteiger partial charge in [0.15, 0.2) is 0 Å². The molecular formula is C12H9Br2N3O. The lowest BCUT2D eigenvalue weighted by Crippen LogP contribution is -2.14. The summed E-state index contributed by atoms with van der Waals surface area (Å²) in [6, 6.07) is 5.31. The number of anilines is 1. The lowest BCUT2D eigenvalue weighted by Gasteiger charge is -2.07. The zero-order chi connectivity index (χ0) is 13.1. The first-order chi connectivity index (χ1) is 8.56. The summed E-state index contributed by atoms with van der Waals surface area (Å²) in [5, 5.41) is 2.75. The average molecular weight is 371 g/mol. The van der Waals surface area contributed by atoms with Gasteiger partial charge in [0.2, 0.25) is 0 Å². The van der Waals surface area contributed by atoms with Crippen molar-refractivity contribution >= 4 is 43.6 Å². The highest BCUT2D eigenvalue weighted by Gasteiger charge is 2.09. The van der Waals surface area contributed by atoms with E-state index in [2.05, 4.69) is 47.1 Å². The molecule has 0 atom stereocenters. The van der Waals surface area contributed by atoms with Gasteiger partial charge in [0, 0.05) is 16.9 Å². The molecule has 2 heterocycles. The summed E-state index contributed by atoms with van der Waals surface area (Å²) in [4.78, 5) is 20.1. The molecule has 2 rings (SSSR count). The van der Waals surface area contributed by atoms with Gasteiger partial charge in [-0.2, -0.15) is 0 Å². The van der Waals surface area contributed by atoms with E-state index in [1.54, 1.807) is 18.3 Å². The van der Waals surface area contributed by atoms with Gasteiger partial charge in [-0.3, -0.25) is 4.79 Å². The molecule has 0 bridgehead atoms. The lowest BCUT2D eigenvalue weighted by atomic mass is 10.2. The smallest absolute Gasteiger partial charge is 0.258 e.